The third-order valence-corrected chi connectivity index (χ3v) is 1.86. The molecule has 14 heavy (non-hydrogen) atoms. The molecule has 0 bridgehead atoms. The lowest BCUT2D eigenvalue weighted by atomic mass is 9.89. The van der Waals surface area contributed by atoms with Gasteiger partial charge in [-0.25, -0.2) is 0 Å². The van der Waals surface area contributed by atoms with Gasteiger partial charge in [0.05, 0.1) is 12.0 Å². The van der Waals surface area contributed by atoms with Gasteiger partial charge in [-0.1, -0.05) is 0 Å². The average molecular weight is 203 g/mol. The first kappa shape index (κ1) is 12.9. The molecule has 0 aromatic rings. The molecule has 0 saturated heterocycles. The first-order valence-corrected chi connectivity index (χ1v) is 4.43. The zero-order chi connectivity index (χ0) is 11.4. The summed E-state index contributed by atoms with van der Waals surface area (Å²) < 4.78 is 0. The number of rotatable bonds is 5. The maximum atomic E-state index is 11.2. The number of aliphatic hydroxyl groups is 1. The van der Waals surface area contributed by atoms with Crippen LogP contribution in [-0.4, -0.2) is 34.7 Å². The Morgan fingerprint density at radius 3 is 2.29 bits per heavy atom. The van der Waals surface area contributed by atoms with E-state index in [0.717, 1.165) is 0 Å². The second-order valence-electron chi connectivity index (χ2n) is 4.02. The Morgan fingerprint density at radius 2 is 1.93 bits per heavy atom. The number of carbonyl (C=O) groups excluding carboxylic acids is 1. The Labute approximate surface area is 83.1 Å². The second kappa shape index (κ2) is 4.95. The van der Waals surface area contributed by atoms with Crippen molar-refractivity contribution in [2.45, 2.75) is 33.2 Å². The smallest absolute Gasteiger partial charge is 0.309 e. The van der Waals surface area contributed by atoms with Crippen LogP contribution in [-0.2, 0) is 9.59 Å². The van der Waals surface area contributed by atoms with Crippen molar-refractivity contribution in [1.82, 2.24) is 5.32 Å². The van der Waals surface area contributed by atoms with Gasteiger partial charge in [-0.15, -0.1) is 0 Å². The highest BCUT2D eigenvalue weighted by Crippen LogP contribution is 2.19. The number of carboxylic acids is 1. The molecule has 0 unspecified atom stereocenters. The van der Waals surface area contributed by atoms with E-state index in [9.17, 15) is 9.59 Å². The van der Waals surface area contributed by atoms with Crippen LogP contribution >= 0.6 is 0 Å². The van der Waals surface area contributed by atoms with E-state index in [1.807, 2.05) is 0 Å². The average Bonchev–Trinajstić information content (AvgIpc) is 2.02. The Kier molecular flexibility index (Phi) is 4.56. The SMILES string of the molecule is C[C@@H](CO)NC(=O)CC(C)(C)C(=O)O. The third kappa shape index (κ3) is 4.23. The van der Waals surface area contributed by atoms with Crippen molar-refractivity contribution < 1.29 is 19.8 Å². The number of aliphatic carboxylic acids is 1. The van der Waals surface area contributed by atoms with Crippen LogP contribution in [0.15, 0.2) is 0 Å². The summed E-state index contributed by atoms with van der Waals surface area (Å²) in [6.45, 7) is 4.46. The molecule has 82 valence electrons. The molecular formula is C9H17NO4. The molecule has 0 spiro atoms. The Balaban J connectivity index is 4.12. The molecule has 0 aliphatic rings. The largest absolute Gasteiger partial charge is 0.481 e. The zero-order valence-electron chi connectivity index (χ0n) is 8.70. The van der Waals surface area contributed by atoms with E-state index in [4.69, 9.17) is 10.2 Å². The summed E-state index contributed by atoms with van der Waals surface area (Å²) in [7, 11) is 0. The first-order valence-electron chi connectivity index (χ1n) is 4.43. The maximum absolute atomic E-state index is 11.2. The van der Waals surface area contributed by atoms with E-state index in [-0.39, 0.29) is 25.0 Å². The maximum Gasteiger partial charge on any atom is 0.309 e. The Hall–Kier alpha value is -1.10. The van der Waals surface area contributed by atoms with Crippen LogP contribution in [0.3, 0.4) is 0 Å². The highest BCUT2D eigenvalue weighted by molar-refractivity contribution is 5.84. The van der Waals surface area contributed by atoms with Gasteiger partial charge in [0.15, 0.2) is 0 Å². The molecule has 0 heterocycles. The van der Waals surface area contributed by atoms with E-state index >= 15 is 0 Å². The number of carboxylic acid groups (broad SMARTS) is 1. The summed E-state index contributed by atoms with van der Waals surface area (Å²) in [6.07, 6.45) is -0.0906. The monoisotopic (exact) mass is 203 g/mol. The lowest BCUT2D eigenvalue weighted by molar-refractivity contribution is -0.149. The third-order valence-electron chi connectivity index (χ3n) is 1.86. The van der Waals surface area contributed by atoms with E-state index in [1.54, 1.807) is 6.92 Å². The topological polar surface area (TPSA) is 86.6 Å². The normalized spacial score (nSPS) is 13.4. The molecule has 1 atom stereocenters. The molecule has 0 aromatic carbocycles. The fourth-order valence-corrected chi connectivity index (χ4v) is 0.849. The predicted octanol–water partition coefficient (Wildman–Crippen LogP) is -0.0157. The van der Waals surface area contributed by atoms with Crippen molar-refractivity contribution >= 4 is 11.9 Å². The van der Waals surface area contributed by atoms with Crippen LogP contribution in [0.1, 0.15) is 27.2 Å². The van der Waals surface area contributed by atoms with Gasteiger partial charge >= 0.3 is 5.97 Å². The van der Waals surface area contributed by atoms with Gasteiger partial charge in [0, 0.05) is 12.5 Å². The minimum atomic E-state index is -1.07. The molecule has 5 heteroatoms. The number of carbonyl (C=O) groups is 2. The van der Waals surface area contributed by atoms with Crippen molar-refractivity contribution in [2.24, 2.45) is 5.41 Å². The van der Waals surface area contributed by atoms with Gasteiger partial charge in [0.25, 0.3) is 0 Å². The fraction of sp³-hybridized carbons (Fsp3) is 0.778. The van der Waals surface area contributed by atoms with Crippen LogP contribution in [0.2, 0.25) is 0 Å². The molecule has 0 radical (unpaired) electrons. The number of amides is 1. The van der Waals surface area contributed by atoms with E-state index in [1.165, 1.54) is 13.8 Å². The lowest BCUT2D eigenvalue weighted by Gasteiger charge is -2.19. The second-order valence-corrected chi connectivity index (χ2v) is 4.02. The number of hydrogen-bond acceptors (Lipinski definition) is 3. The van der Waals surface area contributed by atoms with Gasteiger partial charge in [-0.05, 0) is 20.8 Å². The first-order chi connectivity index (χ1) is 6.29. The number of nitrogens with one attached hydrogen (secondary N) is 1. The van der Waals surface area contributed by atoms with Gasteiger partial charge in [-0.3, -0.25) is 9.59 Å². The van der Waals surface area contributed by atoms with Crippen LogP contribution in [0.5, 0.6) is 0 Å². The molecule has 0 saturated carbocycles. The van der Waals surface area contributed by atoms with Crippen molar-refractivity contribution in [2.75, 3.05) is 6.61 Å². The van der Waals surface area contributed by atoms with Gasteiger partial charge in [0.2, 0.25) is 5.91 Å². The molecule has 0 aliphatic carbocycles. The molecule has 1 amide bonds. The predicted molar refractivity (Wildman–Crippen MR) is 50.7 cm³/mol. The molecule has 0 aliphatic heterocycles. The molecular weight excluding hydrogens is 186 g/mol. The van der Waals surface area contributed by atoms with Gasteiger partial charge in [-0.2, -0.15) is 0 Å². The van der Waals surface area contributed by atoms with Gasteiger partial charge in [0.1, 0.15) is 0 Å². The van der Waals surface area contributed by atoms with E-state index in [2.05, 4.69) is 5.32 Å². The number of aliphatic hydroxyl groups excluding tert-OH is 1. The standard InChI is InChI=1S/C9H17NO4/c1-6(5-11)10-7(12)4-9(2,3)8(13)14/h6,11H,4-5H2,1-3H3,(H,10,12)(H,13,14)/t6-/m0/s1. The fourth-order valence-electron chi connectivity index (χ4n) is 0.849. The molecule has 0 fully saturated rings. The molecule has 0 aromatic heterocycles. The highest BCUT2D eigenvalue weighted by atomic mass is 16.4. The summed E-state index contributed by atoms with van der Waals surface area (Å²) in [5, 5.41) is 19.9. The van der Waals surface area contributed by atoms with Crippen LogP contribution in [0, 0.1) is 5.41 Å². The quantitative estimate of drug-likeness (QED) is 0.586. The van der Waals surface area contributed by atoms with Crippen molar-refractivity contribution in [3.63, 3.8) is 0 Å². The molecule has 3 N–H and O–H groups in total. The lowest BCUT2D eigenvalue weighted by Crippen LogP contribution is -2.39. The van der Waals surface area contributed by atoms with Crippen LogP contribution < -0.4 is 5.32 Å². The highest BCUT2D eigenvalue weighted by Gasteiger charge is 2.30. The summed E-state index contributed by atoms with van der Waals surface area (Å²) in [4.78, 5) is 21.9. The Morgan fingerprint density at radius 1 is 1.43 bits per heavy atom. The minimum absolute atomic E-state index is 0.0906. The molecule has 0 rings (SSSR count). The minimum Gasteiger partial charge on any atom is -0.481 e. The van der Waals surface area contributed by atoms with Crippen molar-refractivity contribution in [1.29, 1.82) is 0 Å². The van der Waals surface area contributed by atoms with Gasteiger partial charge < -0.3 is 15.5 Å². The Bertz CT molecular complexity index is 225. The summed E-state index contributed by atoms with van der Waals surface area (Å²) >= 11 is 0. The van der Waals surface area contributed by atoms with E-state index < -0.39 is 11.4 Å². The zero-order valence-corrected chi connectivity index (χ0v) is 8.70. The van der Waals surface area contributed by atoms with Crippen LogP contribution in [0.25, 0.3) is 0 Å². The van der Waals surface area contributed by atoms with Crippen molar-refractivity contribution in [3.8, 4) is 0 Å². The van der Waals surface area contributed by atoms with Crippen LogP contribution in [0.4, 0.5) is 0 Å². The summed E-state index contributed by atoms with van der Waals surface area (Å²) in [5.41, 5.74) is -1.07. The summed E-state index contributed by atoms with van der Waals surface area (Å²) in [6, 6.07) is -0.341. The number of hydrogen-bond donors (Lipinski definition) is 3. The summed E-state index contributed by atoms with van der Waals surface area (Å²) in [5.74, 6) is -1.37. The van der Waals surface area contributed by atoms with Crippen molar-refractivity contribution in [3.05, 3.63) is 0 Å². The molecule has 5 nitrogen and oxygen atoms in total. The van der Waals surface area contributed by atoms with E-state index in [0.29, 0.717) is 0 Å².